The second kappa shape index (κ2) is 9.26. The first-order valence-electron chi connectivity index (χ1n) is 7.49. The van der Waals surface area contributed by atoms with Gasteiger partial charge in [0, 0.05) is 20.6 Å². The Kier molecular flexibility index (Phi) is 7.05. The first-order chi connectivity index (χ1) is 12.0. The molecule has 0 fully saturated rings. The average Bonchev–Trinajstić information content (AvgIpc) is 2.60. The largest absolute Gasteiger partial charge is 0.488 e. The lowest BCUT2D eigenvalue weighted by Gasteiger charge is -2.11. The number of hydrogen-bond donors (Lipinski definition) is 0. The van der Waals surface area contributed by atoms with Gasteiger partial charge in [0.25, 0.3) is 0 Å². The van der Waals surface area contributed by atoms with Crippen LogP contribution in [-0.4, -0.2) is 12.6 Å². The molecule has 0 amide bonds. The predicted molar refractivity (Wildman–Crippen MR) is 100 cm³/mol. The van der Waals surface area contributed by atoms with Crippen LogP contribution in [0.15, 0.2) is 52.5 Å². The number of halogens is 2. The molecule has 0 saturated carbocycles. The molecular formula is C19H15BrClNO3. The van der Waals surface area contributed by atoms with E-state index in [0.29, 0.717) is 16.3 Å². The molecule has 0 aliphatic carbocycles. The van der Waals surface area contributed by atoms with Crippen molar-refractivity contribution in [2.75, 3.05) is 6.61 Å². The van der Waals surface area contributed by atoms with Crippen molar-refractivity contribution in [3.63, 3.8) is 0 Å². The van der Waals surface area contributed by atoms with E-state index in [0.717, 1.165) is 10.0 Å². The van der Waals surface area contributed by atoms with Gasteiger partial charge in [-0.3, -0.25) is 0 Å². The zero-order valence-electron chi connectivity index (χ0n) is 13.5. The minimum atomic E-state index is -0.665. The summed E-state index contributed by atoms with van der Waals surface area (Å²) in [5, 5.41) is 9.81. The van der Waals surface area contributed by atoms with Gasteiger partial charge in [0.2, 0.25) is 0 Å². The van der Waals surface area contributed by atoms with Crippen LogP contribution in [0.1, 0.15) is 18.1 Å². The summed E-state index contributed by atoms with van der Waals surface area (Å²) in [6.45, 7) is 2.15. The van der Waals surface area contributed by atoms with Crippen LogP contribution >= 0.6 is 27.5 Å². The van der Waals surface area contributed by atoms with Gasteiger partial charge < -0.3 is 9.47 Å². The van der Waals surface area contributed by atoms with Gasteiger partial charge in [-0.25, -0.2) is 4.79 Å². The summed E-state index contributed by atoms with van der Waals surface area (Å²) in [5.74, 6) is -0.137. The molecule has 2 aromatic carbocycles. The zero-order chi connectivity index (χ0) is 18.2. The average molecular weight is 421 g/mol. The first-order valence-corrected chi connectivity index (χ1v) is 8.67. The molecule has 0 saturated heterocycles. The van der Waals surface area contributed by atoms with Crippen molar-refractivity contribution in [3.05, 3.63) is 68.7 Å². The van der Waals surface area contributed by atoms with Gasteiger partial charge in [-0.1, -0.05) is 45.7 Å². The van der Waals surface area contributed by atoms with Gasteiger partial charge in [-0.2, -0.15) is 5.26 Å². The molecule has 0 unspecified atom stereocenters. The number of hydrogen-bond acceptors (Lipinski definition) is 4. The molecule has 0 N–H and O–H groups in total. The summed E-state index contributed by atoms with van der Waals surface area (Å²) in [4.78, 5) is 11.8. The van der Waals surface area contributed by atoms with Gasteiger partial charge >= 0.3 is 5.97 Å². The summed E-state index contributed by atoms with van der Waals surface area (Å²) in [6, 6.07) is 14.6. The molecule has 25 heavy (non-hydrogen) atoms. The Balaban J connectivity index is 2.29. The van der Waals surface area contributed by atoms with E-state index in [2.05, 4.69) is 15.9 Å². The third-order valence-corrected chi connectivity index (χ3v) is 4.09. The number of benzene rings is 2. The standard InChI is InChI=1S/C19H15BrClNO3/c1-2-24-19(23)15(11-22)9-14-10-16(20)7-8-18(14)25-12-13-5-3-4-6-17(13)21/h3-10H,2,12H2,1H3. The fourth-order valence-electron chi connectivity index (χ4n) is 2.04. The fraction of sp³-hybridized carbons (Fsp3) is 0.158. The number of carbonyl (C=O) groups is 1. The van der Waals surface area contributed by atoms with Crippen molar-refractivity contribution in [2.45, 2.75) is 13.5 Å². The third kappa shape index (κ3) is 5.35. The maximum atomic E-state index is 11.8. The highest BCUT2D eigenvalue weighted by molar-refractivity contribution is 9.10. The van der Waals surface area contributed by atoms with E-state index in [-0.39, 0.29) is 18.8 Å². The Morgan fingerprint density at radius 3 is 2.76 bits per heavy atom. The molecule has 0 aliphatic heterocycles. The Morgan fingerprint density at radius 2 is 2.08 bits per heavy atom. The van der Waals surface area contributed by atoms with E-state index in [1.54, 1.807) is 25.1 Å². The van der Waals surface area contributed by atoms with Gasteiger partial charge in [0.05, 0.1) is 6.61 Å². The fourth-order valence-corrected chi connectivity index (χ4v) is 2.60. The number of rotatable bonds is 6. The predicted octanol–water partition coefficient (Wildman–Crippen LogP) is 5.15. The molecule has 4 nitrogen and oxygen atoms in total. The maximum Gasteiger partial charge on any atom is 0.348 e. The van der Waals surface area contributed by atoms with E-state index in [9.17, 15) is 10.1 Å². The Labute approximate surface area is 159 Å². The highest BCUT2D eigenvalue weighted by Gasteiger charge is 2.12. The monoisotopic (exact) mass is 419 g/mol. The molecule has 128 valence electrons. The van der Waals surface area contributed by atoms with Crippen molar-refractivity contribution in [1.29, 1.82) is 5.26 Å². The molecule has 2 rings (SSSR count). The quantitative estimate of drug-likeness (QED) is 0.368. The molecule has 0 heterocycles. The second-order valence-electron chi connectivity index (χ2n) is 4.95. The summed E-state index contributed by atoms with van der Waals surface area (Å²) < 4.78 is 11.5. The van der Waals surface area contributed by atoms with E-state index in [1.807, 2.05) is 30.3 Å². The minimum Gasteiger partial charge on any atom is -0.488 e. The van der Waals surface area contributed by atoms with Crippen LogP contribution in [0.25, 0.3) is 6.08 Å². The van der Waals surface area contributed by atoms with Crippen LogP contribution in [0.3, 0.4) is 0 Å². The van der Waals surface area contributed by atoms with Crippen LogP contribution in [0.5, 0.6) is 5.75 Å². The van der Waals surface area contributed by atoms with E-state index in [1.165, 1.54) is 6.08 Å². The summed E-state index contributed by atoms with van der Waals surface area (Å²) in [7, 11) is 0. The molecule has 0 aromatic heterocycles. The van der Waals surface area contributed by atoms with Gasteiger partial charge in [0.1, 0.15) is 24.0 Å². The lowest BCUT2D eigenvalue weighted by atomic mass is 10.1. The topological polar surface area (TPSA) is 59.3 Å². The summed E-state index contributed by atoms with van der Waals surface area (Å²) >= 11 is 9.51. The second-order valence-corrected chi connectivity index (χ2v) is 6.28. The summed E-state index contributed by atoms with van der Waals surface area (Å²) in [6.07, 6.45) is 1.45. The van der Waals surface area contributed by atoms with Crippen molar-refractivity contribution >= 4 is 39.6 Å². The Bertz CT molecular complexity index is 843. The first kappa shape index (κ1) is 19.0. The maximum absolute atomic E-state index is 11.8. The highest BCUT2D eigenvalue weighted by Crippen LogP contribution is 2.27. The van der Waals surface area contributed by atoms with Crippen LogP contribution in [-0.2, 0) is 16.1 Å². The van der Waals surface area contributed by atoms with Crippen molar-refractivity contribution in [1.82, 2.24) is 0 Å². The third-order valence-electron chi connectivity index (χ3n) is 3.23. The van der Waals surface area contributed by atoms with E-state index < -0.39 is 5.97 Å². The zero-order valence-corrected chi connectivity index (χ0v) is 15.8. The smallest absolute Gasteiger partial charge is 0.348 e. The van der Waals surface area contributed by atoms with Crippen molar-refractivity contribution in [2.24, 2.45) is 0 Å². The number of esters is 1. The highest BCUT2D eigenvalue weighted by atomic mass is 79.9. The lowest BCUT2D eigenvalue weighted by Crippen LogP contribution is -2.06. The van der Waals surface area contributed by atoms with Crippen molar-refractivity contribution in [3.8, 4) is 11.8 Å². The van der Waals surface area contributed by atoms with Crippen LogP contribution in [0, 0.1) is 11.3 Å². The van der Waals surface area contributed by atoms with Crippen molar-refractivity contribution < 1.29 is 14.3 Å². The van der Waals surface area contributed by atoms with Crippen LogP contribution in [0.4, 0.5) is 0 Å². The summed E-state index contributed by atoms with van der Waals surface area (Å²) in [5.41, 5.74) is 1.33. The molecule has 0 radical (unpaired) electrons. The van der Waals surface area contributed by atoms with E-state index >= 15 is 0 Å². The van der Waals surface area contributed by atoms with Crippen LogP contribution < -0.4 is 4.74 Å². The normalized spacial score (nSPS) is 10.9. The Hall–Kier alpha value is -2.29. The number of nitrogens with zero attached hydrogens (tertiary/aromatic N) is 1. The number of ether oxygens (including phenoxy) is 2. The van der Waals surface area contributed by atoms with Gasteiger partial charge in [0.15, 0.2) is 0 Å². The lowest BCUT2D eigenvalue weighted by molar-refractivity contribution is -0.137. The number of carbonyl (C=O) groups excluding carboxylic acids is 1. The van der Waals surface area contributed by atoms with E-state index in [4.69, 9.17) is 21.1 Å². The molecular weight excluding hydrogens is 406 g/mol. The molecule has 6 heteroatoms. The molecule has 0 spiro atoms. The number of nitriles is 1. The van der Waals surface area contributed by atoms with Gasteiger partial charge in [-0.05, 0) is 37.3 Å². The van der Waals surface area contributed by atoms with Crippen LogP contribution in [0.2, 0.25) is 5.02 Å². The molecule has 0 atom stereocenters. The molecule has 0 aliphatic rings. The molecule has 0 bridgehead atoms. The minimum absolute atomic E-state index is 0.0949. The SMILES string of the molecule is CCOC(=O)C(C#N)=Cc1cc(Br)ccc1OCc1ccccc1Cl. The van der Waals surface area contributed by atoms with Gasteiger partial charge in [-0.15, -0.1) is 0 Å². The Morgan fingerprint density at radius 1 is 1.32 bits per heavy atom. The molecule has 2 aromatic rings.